The topological polar surface area (TPSA) is 56.2 Å². The molecular formula is C13H13F3N4. The van der Waals surface area contributed by atoms with Gasteiger partial charge in [0.25, 0.3) is 0 Å². The van der Waals surface area contributed by atoms with E-state index in [-0.39, 0.29) is 11.5 Å². The number of imidazole rings is 1. The summed E-state index contributed by atoms with van der Waals surface area (Å²) >= 11 is 0. The Kier molecular flexibility index (Phi) is 3.78. The highest BCUT2D eigenvalue weighted by Gasteiger charge is 2.27. The van der Waals surface area contributed by atoms with Gasteiger partial charge in [-0.3, -0.25) is 0 Å². The molecule has 7 heteroatoms. The highest BCUT2D eigenvalue weighted by atomic mass is 19.4. The molecule has 0 fully saturated rings. The maximum atomic E-state index is 12.3. The predicted molar refractivity (Wildman–Crippen MR) is 70.6 cm³/mol. The van der Waals surface area contributed by atoms with Gasteiger partial charge in [0.15, 0.2) is 0 Å². The number of aromatic nitrogens is 2. The summed E-state index contributed by atoms with van der Waals surface area (Å²) in [5, 5.41) is 4.06. The highest BCUT2D eigenvalue weighted by molar-refractivity contribution is 5.79. The van der Waals surface area contributed by atoms with Crippen molar-refractivity contribution in [3.8, 4) is 0 Å². The number of nitrogens with two attached hydrogens (primary N) is 1. The smallest absolute Gasteiger partial charge is 0.368 e. The summed E-state index contributed by atoms with van der Waals surface area (Å²) in [4.78, 5) is 3.97. The number of hydrogen-bond donors (Lipinski definition) is 1. The van der Waals surface area contributed by atoms with Gasteiger partial charge in [0, 0.05) is 0 Å². The Morgan fingerprint density at radius 2 is 2.15 bits per heavy atom. The second kappa shape index (κ2) is 5.36. The first-order chi connectivity index (χ1) is 9.33. The van der Waals surface area contributed by atoms with Crippen molar-refractivity contribution in [1.29, 1.82) is 0 Å². The molecule has 2 rings (SSSR count). The van der Waals surface area contributed by atoms with E-state index < -0.39 is 12.6 Å². The first kappa shape index (κ1) is 14.1. The van der Waals surface area contributed by atoms with Crippen molar-refractivity contribution in [2.45, 2.75) is 19.5 Å². The molecule has 0 aliphatic rings. The predicted octanol–water partition coefficient (Wildman–Crippen LogP) is 2.76. The van der Waals surface area contributed by atoms with Crippen molar-refractivity contribution >= 4 is 12.2 Å². The number of benzene rings is 1. The molecule has 1 aromatic heterocycles. The second-order valence-corrected chi connectivity index (χ2v) is 4.37. The molecule has 0 unspecified atom stereocenters. The van der Waals surface area contributed by atoms with Crippen molar-refractivity contribution in [2.75, 3.05) is 5.73 Å². The molecule has 0 radical (unpaired) electrons. The molecule has 1 heterocycles. The molecule has 0 bridgehead atoms. The Balaban J connectivity index is 2.17. The van der Waals surface area contributed by atoms with E-state index in [0.29, 0.717) is 11.3 Å². The van der Waals surface area contributed by atoms with Gasteiger partial charge < -0.3 is 5.73 Å². The summed E-state index contributed by atoms with van der Waals surface area (Å²) in [6.07, 6.45) is -2.11. The van der Waals surface area contributed by atoms with Crippen LogP contribution in [0, 0.1) is 6.92 Å². The third-order valence-electron chi connectivity index (χ3n) is 2.52. The molecule has 0 saturated carbocycles. The van der Waals surface area contributed by atoms with Gasteiger partial charge in [-0.15, -0.1) is 0 Å². The molecule has 1 aromatic carbocycles. The van der Waals surface area contributed by atoms with E-state index in [2.05, 4.69) is 10.1 Å². The normalized spacial score (nSPS) is 12.2. The number of nitrogens with zero attached hydrogens (tertiary/aromatic N) is 3. The molecule has 0 atom stereocenters. The molecule has 0 aliphatic heterocycles. The lowest BCUT2D eigenvalue weighted by Crippen LogP contribution is -2.11. The van der Waals surface area contributed by atoms with Gasteiger partial charge in [0.05, 0.1) is 24.5 Å². The summed E-state index contributed by atoms with van der Waals surface area (Å²) in [5.41, 5.74) is 7.08. The van der Waals surface area contributed by atoms with Gasteiger partial charge in [0.1, 0.15) is 0 Å². The van der Waals surface area contributed by atoms with Gasteiger partial charge in [-0.1, -0.05) is 18.2 Å². The Morgan fingerprint density at radius 3 is 2.75 bits per heavy atom. The van der Waals surface area contributed by atoms with Crippen molar-refractivity contribution in [3.05, 3.63) is 47.3 Å². The number of halogens is 3. The van der Waals surface area contributed by atoms with Crippen molar-refractivity contribution in [3.63, 3.8) is 0 Å². The molecular weight excluding hydrogens is 269 g/mol. The van der Waals surface area contributed by atoms with E-state index in [4.69, 9.17) is 5.73 Å². The van der Waals surface area contributed by atoms with Crippen molar-refractivity contribution in [1.82, 2.24) is 9.66 Å². The van der Waals surface area contributed by atoms with Crippen LogP contribution in [-0.4, -0.2) is 22.1 Å². The van der Waals surface area contributed by atoms with Crippen LogP contribution in [0.3, 0.4) is 0 Å². The first-order valence-electron chi connectivity index (χ1n) is 5.85. The number of nitrogen functional groups attached to an aromatic ring is 1. The van der Waals surface area contributed by atoms with Crippen molar-refractivity contribution < 1.29 is 13.2 Å². The third-order valence-corrected chi connectivity index (χ3v) is 2.52. The molecule has 0 saturated heterocycles. The molecule has 2 aromatic rings. The molecule has 106 valence electrons. The maximum Gasteiger partial charge on any atom is 0.393 e. The van der Waals surface area contributed by atoms with Crippen LogP contribution in [0.25, 0.3) is 0 Å². The zero-order valence-electron chi connectivity index (χ0n) is 10.7. The van der Waals surface area contributed by atoms with Crippen LogP contribution in [0.4, 0.5) is 19.1 Å². The number of rotatable bonds is 3. The average molecular weight is 282 g/mol. The number of anilines is 1. The average Bonchev–Trinajstić information content (AvgIpc) is 2.63. The first-order valence-corrected chi connectivity index (χ1v) is 5.85. The third kappa shape index (κ3) is 3.84. The Morgan fingerprint density at radius 1 is 1.40 bits per heavy atom. The minimum absolute atomic E-state index is 0.191. The fraction of sp³-hybridized carbons (Fsp3) is 0.231. The van der Waals surface area contributed by atoms with E-state index >= 15 is 0 Å². The van der Waals surface area contributed by atoms with Gasteiger partial charge in [-0.25, -0.2) is 9.66 Å². The minimum atomic E-state index is -4.22. The minimum Gasteiger partial charge on any atom is -0.368 e. The van der Waals surface area contributed by atoms with E-state index in [0.717, 1.165) is 0 Å². The van der Waals surface area contributed by atoms with E-state index in [1.54, 1.807) is 25.3 Å². The monoisotopic (exact) mass is 282 g/mol. The molecule has 0 amide bonds. The zero-order valence-corrected chi connectivity index (χ0v) is 10.7. The largest absolute Gasteiger partial charge is 0.393 e. The SMILES string of the molecule is Cc1cn(N=Cc2cccc(CC(F)(F)F)c2)c(N)n1. The lowest BCUT2D eigenvalue weighted by Gasteiger charge is -2.06. The molecule has 4 nitrogen and oxygen atoms in total. The summed E-state index contributed by atoms with van der Waals surface area (Å²) < 4.78 is 38.3. The number of alkyl halides is 3. The summed E-state index contributed by atoms with van der Waals surface area (Å²) in [5.74, 6) is 0.227. The van der Waals surface area contributed by atoms with Crippen LogP contribution in [-0.2, 0) is 6.42 Å². The van der Waals surface area contributed by atoms with E-state index in [9.17, 15) is 13.2 Å². The van der Waals surface area contributed by atoms with Crippen molar-refractivity contribution in [2.24, 2.45) is 5.10 Å². The Bertz CT molecular complexity index is 629. The number of hydrogen-bond acceptors (Lipinski definition) is 3. The molecule has 2 N–H and O–H groups in total. The van der Waals surface area contributed by atoms with Gasteiger partial charge >= 0.3 is 6.18 Å². The summed E-state index contributed by atoms with van der Waals surface area (Å²) in [7, 11) is 0. The van der Waals surface area contributed by atoms with Crippen LogP contribution >= 0.6 is 0 Å². The van der Waals surface area contributed by atoms with Crippen LogP contribution in [0.15, 0.2) is 35.6 Å². The molecule has 0 spiro atoms. The fourth-order valence-corrected chi connectivity index (χ4v) is 1.74. The van der Waals surface area contributed by atoms with Gasteiger partial charge in [-0.05, 0) is 24.1 Å². The van der Waals surface area contributed by atoms with E-state index in [1.807, 2.05) is 0 Å². The second-order valence-electron chi connectivity index (χ2n) is 4.37. The van der Waals surface area contributed by atoms with E-state index in [1.165, 1.54) is 23.0 Å². The lowest BCUT2D eigenvalue weighted by molar-refractivity contribution is -0.127. The van der Waals surface area contributed by atoms with Crippen LogP contribution in [0.2, 0.25) is 0 Å². The molecule has 0 aliphatic carbocycles. The van der Waals surface area contributed by atoms with Gasteiger partial charge in [-0.2, -0.15) is 18.3 Å². The lowest BCUT2D eigenvalue weighted by atomic mass is 10.1. The van der Waals surface area contributed by atoms with Crippen LogP contribution in [0.5, 0.6) is 0 Å². The quantitative estimate of drug-likeness (QED) is 0.880. The Labute approximate surface area is 113 Å². The number of aryl methyl sites for hydroxylation is 1. The summed E-state index contributed by atoms with van der Waals surface area (Å²) in [6, 6.07) is 6.10. The van der Waals surface area contributed by atoms with Crippen LogP contribution in [0.1, 0.15) is 16.8 Å². The van der Waals surface area contributed by atoms with Crippen LogP contribution < -0.4 is 5.73 Å². The van der Waals surface area contributed by atoms with Gasteiger partial charge in [0.2, 0.25) is 5.95 Å². The standard InChI is InChI=1S/C13H13F3N4/c1-9-8-20(12(17)19-9)18-7-11-4-2-3-10(5-11)6-13(14,15)16/h2-5,7-8H,6H2,1H3,(H2,17,19). The highest BCUT2D eigenvalue weighted by Crippen LogP contribution is 2.21. The maximum absolute atomic E-state index is 12.3. The summed E-state index contributed by atoms with van der Waals surface area (Å²) in [6.45, 7) is 1.77. The molecule has 20 heavy (non-hydrogen) atoms. The fourth-order valence-electron chi connectivity index (χ4n) is 1.74. The zero-order chi connectivity index (χ0) is 14.8. The Hall–Kier alpha value is -2.31.